The van der Waals surface area contributed by atoms with Gasteiger partial charge in [-0.15, -0.1) is 0 Å². The van der Waals surface area contributed by atoms with Crippen LogP contribution >= 0.6 is 15.9 Å². The molecule has 4 rings (SSSR count). The van der Waals surface area contributed by atoms with Crippen molar-refractivity contribution in [3.05, 3.63) is 81.8 Å². The van der Waals surface area contributed by atoms with E-state index in [9.17, 15) is 9.59 Å². The van der Waals surface area contributed by atoms with Gasteiger partial charge in [0.15, 0.2) is 11.5 Å². The van der Waals surface area contributed by atoms with E-state index in [1.54, 1.807) is 48.5 Å². The molecule has 0 saturated carbocycles. The van der Waals surface area contributed by atoms with Crippen molar-refractivity contribution >= 4 is 33.4 Å². The molecular formula is C24H22BrN3O5. The number of hydrogen-bond donors (Lipinski definition) is 2. The molecular weight excluding hydrogens is 490 g/mol. The number of anilines is 1. The van der Waals surface area contributed by atoms with Gasteiger partial charge in [0.05, 0.1) is 26.9 Å². The monoisotopic (exact) mass is 511 g/mol. The molecule has 1 heterocycles. The van der Waals surface area contributed by atoms with E-state index in [-0.39, 0.29) is 5.91 Å². The average molecular weight is 512 g/mol. The quantitative estimate of drug-likeness (QED) is 0.510. The molecule has 2 N–H and O–H groups in total. The molecule has 0 fully saturated rings. The molecule has 0 radical (unpaired) electrons. The van der Waals surface area contributed by atoms with Crippen LogP contribution < -0.4 is 25.0 Å². The number of halogens is 1. The SMILES string of the molecule is COc1cc(C2Nc3ccc(Br)cc3C(=O)N2NC(=O)c2ccccc2)cc(OC)c1OC. The third kappa shape index (κ3) is 4.31. The molecule has 3 aromatic carbocycles. The zero-order valence-corrected chi connectivity index (χ0v) is 19.8. The Morgan fingerprint density at radius 2 is 1.64 bits per heavy atom. The van der Waals surface area contributed by atoms with Gasteiger partial charge in [0.25, 0.3) is 11.8 Å². The number of rotatable bonds is 6. The maximum atomic E-state index is 13.5. The summed E-state index contributed by atoms with van der Waals surface area (Å²) < 4.78 is 17.1. The van der Waals surface area contributed by atoms with Crippen molar-refractivity contribution < 1.29 is 23.8 Å². The summed E-state index contributed by atoms with van der Waals surface area (Å²) in [6, 6.07) is 17.5. The number of nitrogens with one attached hydrogen (secondary N) is 2. The van der Waals surface area contributed by atoms with Crippen molar-refractivity contribution in [2.45, 2.75) is 6.17 Å². The number of nitrogens with zero attached hydrogens (tertiary/aromatic N) is 1. The highest BCUT2D eigenvalue weighted by Gasteiger charge is 2.36. The van der Waals surface area contributed by atoms with Crippen LogP contribution in [0.15, 0.2) is 65.1 Å². The summed E-state index contributed by atoms with van der Waals surface area (Å²) in [6.07, 6.45) is -0.743. The van der Waals surface area contributed by atoms with Gasteiger partial charge >= 0.3 is 0 Å². The van der Waals surface area contributed by atoms with Crippen molar-refractivity contribution in [1.82, 2.24) is 10.4 Å². The molecule has 1 atom stereocenters. The molecule has 2 amide bonds. The van der Waals surface area contributed by atoms with Crippen molar-refractivity contribution in [2.24, 2.45) is 0 Å². The fourth-order valence-electron chi connectivity index (χ4n) is 3.65. The largest absolute Gasteiger partial charge is 0.493 e. The Kier molecular flexibility index (Phi) is 6.41. The van der Waals surface area contributed by atoms with Crippen molar-refractivity contribution in [1.29, 1.82) is 0 Å². The predicted molar refractivity (Wildman–Crippen MR) is 127 cm³/mol. The lowest BCUT2D eigenvalue weighted by Crippen LogP contribution is -2.52. The lowest BCUT2D eigenvalue weighted by Gasteiger charge is -2.38. The van der Waals surface area contributed by atoms with Gasteiger partial charge < -0.3 is 19.5 Å². The summed E-state index contributed by atoms with van der Waals surface area (Å²) in [6.45, 7) is 0. The first kappa shape index (κ1) is 22.5. The average Bonchev–Trinajstić information content (AvgIpc) is 2.85. The van der Waals surface area contributed by atoms with Gasteiger partial charge in [-0.3, -0.25) is 15.0 Å². The number of fused-ring (bicyclic) bond motifs is 1. The number of hydrazine groups is 1. The summed E-state index contributed by atoms with van der Waals surface area (Å²) >= 11 is 3.41. The number of ether oxygens (including phenoxy) is 3. The van der Waals surface area contributed by atoms with Gasteiger partial charge in [-0.1, -0.05) is 34.1 Å². The molecule has 0 saturated heterocycles. The smallest absolute Gasteiger partial charge is 0.276 e. The number of methoxy groups -OCH3 is 3. The van der Waals surface area contributed by atoms with Gasteiger partial charge in [0.2, 0.25) is 5.75 Å². The molecule has 1 aliphatic heterocycles. The molecule has 3 aromatic rings. The summed E-state index contributed by atoms with van der Waals surface area (Å²) in [5.74, 6) is 0.499. The molecule has 0 bridgehead atoms. The van der Waals surface area contributed by atoms with Crippen LogP contribution in [-0.4, -0.2) is 38.2 Å². The minimum absolute atomic E-state index is 0.368. The Labute approximate surface area is 199 Å². The number of carbonyl (C=O) groups excluding carboxylic acids is 2. The van der Waals surface area contributed by atoms with Crippen LogP contribution in [0.1, 0.15) is 32.4 Å². The highest BCUT2D eigenvalue weighted by atomic mass is 79.9. The first-order chi connectivity index (χ1) is 16.0. The van der Waals surface area contributed by atoms with Crippen LogP contribution in [0.5, 0.6) is 17.2 Å². The van der Waals surface area contributed by atoms with E-state index in [4.69, 9.17) is 14.2 Å². The van der Waals surface area contributed by atoms with Gasteiger partial charge in [-0.25, -0.2) is 5.01 Å². The van der Waals surface area contributed by atoms with Crippen LogP contribution in [0.2, 0.25) is 0 Å². The van der Waals surface area contributed by atoms with Crippen molar-refractivity contribution in [3.8, 4) is 17.2 Å². The van der Waals surface area contributed by atoms with E-state index in [0.717, 1.165) is 4.47 Å². The highest BCUT2D eigenvalue weighted by molar-refractivity contribution is 9.10. The van der Waals surface area contributed by atoms with E-state index in [0.29, 0.717) is 39.6 Å². The summed E-state index contributed by atoms with van der Waals surface area (Å²) in [4.78, 5) is 26.5. The van der Waals surface area contributed by atoms with Crippen molar-refractivity contribution in [2.75, 3.05) is 26.6 Å². The Hall–Kier alpha value is -3.72. The van der Waals surface area contributed by atoms with Gasteiger partial charge in [0, 0.05) is 21.3 Å². The summed E-state index contributed by atoms with van der Waals surface area (Å²) in [5.41, 5.74) is 4.85. The fraction of sp³-hybridized carbons (Fsp3) is 0.167. The molecule has 0 aromatic heterocycles. The van der Waals surface area contributed by atoms with Crippen LogP contribution in [0, 0.1) is 0 Å². The lowest BCUT2D eigenvalue weighted by molar-refractivity contribution is 0.0490. The van der Waals surface area contributed by atoms with Crippen LogP contribution in [-0.2, 0) is 0 Å². The Morgan fingerprint density at radius 3 is 2.24 bits per heavy atom. The number of hydrogen-bond acceptors (Lipinski definition) is 6. The molecule has 0 spiro atoms. The van der Waals surface area contributed by atoms with E-state index in [1.807, 2.05) is 12.1 Å². The third-order valence-corrected chi connectivity index (χ3v) is 5.74. The zero-order valence-electron chi connectivity index (χ0n) is 18.2. The molecule has 8 nitrogen and oxygen atoms in total. The van der Waals surface area contributed by atoms with Crippen LogP contribution in [0.3, 0.4) is 0 Å². The van der Waals surface area contributed by atoms with Gasteiger partial charge in [-0.2, -0.15) is 0 Å². The first-order valence-corrected chi connectivity index (χ1v) is 10.8. The maximum absolute atomic E-state index is 13.5. The van der Waals surface area contributed by atoms with Gasteiger partial charge in [0.1, 0.15) is 6.17 Å². The maximum Gasteiger partial charge on any atom is 0.276 e. The molecule has 33 heavy (non-hydrogen) atoms. The predicted octanol–water partition coefficient (Wildman–Crippen LogP) is 4.39. The highest BCUT2D eigenvalue weighted by Crippen LogP contribution is 2.42. The zero-order chi connectivity index (χ0) is 23.5. The van der Waals surface area contributed by atoms with E-state index in [2.05, 4.69) is 26.7 Å². The Morgan fingerprint density at radius 1 is 0.970 bits per heavy atom. The van der Waals surface area contributed by atoms with Crippen LogP contribution in [0.25, 0.3) is 0 Å². The number of carbonyl (C=O) groups is 2. The molecule has 1 aliphatic rings. The number of amides is 2. The second kappa shape index (κ2) is 9.41. The van der Waals surface area contributed by atoms with Crippen LogP contribution in [0.4, 0.5) is 5.69 Å². The minimum Gasteiger partial charge on any atom is -0.493 e. The third-order valence-electron chi connectivity index (χ3n) is 5.24. The van der Waals surface area contributed by atoms with Crippen molar-refractivity contribution in [3.63, 3.8) is 0 Å². The first-order valence-electron chi connectivity index (χ1n) is 10.0. The lowest BCUT2D eigenvalue weighted by atomic mass is 10.0. The normalized spacial score (nSPS) is 14.7. The van der Waals surface area contributed by atoms with E-state index >= 15 is 0 Å². The Bertz CT molecular complexity index is 1180. The topological polar surface area (TPSA) is 89.1 Å². The number of benzene rings is 3. The minimum atomic E-state index is -0.743. The second-order valence-corrected chi connectivity index (χ2v) is 8.09. The summed E-state index contributed by atoms with van der Waals surface area (Å²) in [7, 11) is 4.55. The fourth-order valence-corrected chi connectivity index (χ4v) is 4.01. The second-order valence-electron chi connectivity index (χ2n) is 7.18. The molecule has 170 valence electrons. The Balaban J connectivity index is 1.81. The summed E-state index contributed by atoms with van der Waals surface area (Å²) in [5, 5.41) is 4.60. The molecule has 1 unspecified atom stereocenters. The van der Waals surface area contributed by atoms with E-state index < -0.39 is 12.1 Å². The standard InChI is InChI=1S/C24H22BrN3O5/c1-31-19-11-15(12-20(32-2)21(19)33-3)22-26-18-10-9-16(25)13-17(18)24(30)28(22)27-23(29)14-7-5-4-6-8-14/h4-13,22,26H,1-3H3,(H,27,29). The van der Waals surface area contributed by atoms with E-state index in [1.165, 1.54) is 26.3 Å². The molecule has 0 aliphatic carbocycles. The molecule has 9 heteroatoms. The van der Waals surface area contributed by atoms with Gasteiger partial charge in [-0.05, 0) is 42.5 Å².